The van der Waals surface area contributed by atoms with Crippen molar-refractivity contribution in [3.63, 3.8) is 0 Å². The number of aliphatic hydroxyl groups excluding tert-OH is 1. The third-order valence-corrected chi connectivity index (χ3v) is 4.86. The first-order valence-corrected chi connectivity index (χ1v) is 8.96. The van der Waals surface area contributed by atoms with Gasteiger partial charge in [0, 0.05) is 30.0 Å². The molecule has 0 aliphatic heterocycles. The molecule has 2 N–H and O–H groups in total. The Kier molecular flexibility index (Phi) is 6.95. The van der Waals surface area contributed by atoms with Crippen LogP contribution in [-0.2, 0) is 16.4 Å². The van der Waals surface area contributed by atoms with Crippen LogP contribution in [0.2, 0.25) is 5.02 Å². The van der Waals surface area contributed by atoms with E-state index in [1.54, 1.807) is 18.2 Å². The fourth-order valence-corrected chi connectivity index (χ4v) is 3.35. The van der Waals surface area contributed by atoms with Crippen LogP contribution in [0.5, 0.6) is 0 Å². The Labute approximate surface area is 126 Å². The molecule has 0 amide bonds. The lowest BCUT2D eigenvalue weighted by Gasteiger charge is -2.16. The Morgan fingerprint density at radius 2 is 2.10 bits per heavy atom. The smallest absolute Gasteiger partial charge is 0.175 e. The van der Waals surface area contributed by atoms with E-state index in [9.17, 15) is 8.42 Å². The van der Waals surface area contributed by atoms with E-state index in [-0.39, 0.29) is 11.5 Å². The third kappa shape index (κ3) is 5.05. The van der Waals surface area contributed by atoms with Gasteiger partial charge < -0.3 is 10.4 Å². The van der Waals surface area contributed by atoms with Gasteiger partial charge in [-0.05, 0) is 31.0 Å². The van der Waals surface area contributed by atoms with Crippen LogP contribution in [-0.4, -0.2) is 32.9 Å². The lowest BCUT2D eigenvalue weighted by molar-refractivity contribution is 0.251. The number of benzene rings is 1. The first-order chi connectivity index (χ1) is 9.40. The predicted octanol–water partition coefficient (Wildman–Crippen LogP) is 2.24. The van der Waals surface area contributed by atoms with Crippen molar-refractivity contribution in [3.05, 3.63) is 28.8 Å². The number of sulfone groups is 1. The minimum Gasteiger partial charge on any atom is -0.396 e. The number of aliphatic hydroxyl groups is 1. The van der Waals surface area contributed by atoms with E-state index in [0.717, 1.165) is 19.4 Å². The van der Waals surface area contributed by atoms with E-state index in [2.05, 4.69) is 12.2 Å². The second-order valence-corrected chi connectivity index (χ2v) is 7.30. The Morgan fingerprint density at radius 1 is 1.40 bits per heavy atom. The average Bonchev–Trinajstić information content (AvgIpc) is 2.38. The minimum atomic E-state index is -3.29. The Balaban J connectivity index is 2.78. The summed E-state index contributed by atoms with van der Waals surface area (Å²) in [4.78, 5) is 0.271. The van der Waals surface area contributed by atoms with Gasteiger partial charge >= 0.3 is 0 Å². The molecule has 0 aliphatic rings. The zero-order valence-electron chi connectivity index (χ0n) is 11.9. The molecule has 0 saturated heterocycles. The molecule has 0 bridgehead atoms. The van der Waals surface area contributed by atoms with Crippen LogP contribution in [0, 0.1) is 5.92 Å². The topological polar surface area (TPSA) is 66.4 Å². The van der Waals surface area contributed by atoms with Crippen molar-refractivity contribution in [1.29, 1.82) is 0 Å². The largest absolute Gasteiger partial charge is 0.396 e. The van der Waals surface area contributed by atoms with E-state index in [1.807, 2.05) is 0 Å². The molecule has 4 nitrogen and oxygen atoms in total. The highest BCUT2D eigenvalue weighted by atomic mass is 35.5. The van der Waals surface area contributed by atoms with Crippen molar-refractivity contribution in [2.24, 2.45) is 5.92 Å². The highest BCUT2D eigenvalue weighted by molar-refractivity contribution is 7.90. The van der Waals surface area contributed by atoms with Crippen molar-refractivity contribution in [2.75, 3.05) is 19.4 Å². The van der Waals surface area contributed by atoms with Gasteiger partial charge in [-0.2, -0.15) is 0 Å². The first-order valence-electron chi connectivity index (χ1n) is 6.69. The average molecular weight is 320 g/mol. The highest BCUT2D eigenvalue weighted by Gasteiger charge is 2.15. The van der Waals surface area contributed by atoms with E-state index in [1.165, 1.54) is 6.26 Å². The van der Waals surface area contributed by atoms with Crippen molar-refractivity contribution in [1.82, 2.24) is 5.32 Å². The molecule has 114 valence electrons. The van der Waals surface area contributed by atoms with Crippen LogP contribution in [0.15, 0.2) is 23.1 Å². The van der Waals surface area contributed by atoms with E-state index in [4.69, 9.17) is 16.7 Å². The van der Waals surface area contributed by atoms with E-state index < -0.39 is 9.84 Å². The monoisotopic (exact) mass is 319 g/mol. The van der Waals surface area contributed by atoms with Crippen molar-refractivity contribution >= 4 is 21.4 Å². The summed E-state index contributed by atoms with van der Waals surface area (Å²) in [6, 6.07) is 4.91. The van der Waals surface area contributed by atoms with Gasteiger partial charge in [0.05, 0.1) is 4.90 Å². The van der Waals surface area contributed by atoms with Gasteiger partial charge in [-0.15, -0.1) is 0 Å². The number of hydrogen-bond donors (Lipinski definition) is 2. The van der Waals surface area contributed by atoms with Gasteiger partial charge in [-0.3, -0.25) is 0 Å². The SMILES string of the molecule is CCC(CCO)CNCc1c(Cl)cccc1S(C)(=O)=O. The first kappa shape index (κ1) is 17.4. The molecule has 0 aliphatic carbocycles. The second kappa shape index (κ2) is 7.98. The number of halogens is 1. The molecule has 1 aromatic rings. The molecule has 0 spiro atoms. The summed E-state index contributed by atoms with van der Waals surface area (Å²) >= 11 is 6.10. The van der Waals surface area contributed by atoms with Crippen LogP contribution in [0.3, 0.4) is 0 Å². The molecule has 20 heavy (non-hydrogen) atoms. The fraction of sp³-hybridized carbons (Fsp3) is 0.571. The van der Waals surface area contributed by atoms with Crippen LogP contribution < -0.4 is 5.32 Å². The molecule has 0 saturated carbocycles. The van der Waals surface area contributed by atoms with Gasteiger partial charge in [0.25, 0.3) is 0 Å². The molecule has 0 aromatic heterocycles. The summed E-state index contributed by atoms with van der Waals surface area (Å²) in [6.07, 6.45) is 2.89. The standard InChI is InChI=1S/C14H22ClNO3S/c1-3-11(7-8-17)9-16-10-12-13(15)5-4-6-14(12)20(2,18)19/h4-6,11,16-17H,3,7-10H2,1-2H3. The van der Waals surface area contributed by atoms with Gasteiger partial charge in [0.2, 0.25) is 0 Å². The molecular formula is C14H22ClNO3S. The summed E-state index contributed by atoms with van der Waals surface area (Å²) in [5.41, 5.74) is 0.607. The predicted molar refractivity (Wildman–Crippen MR) is 81.8 cm³/mol. The van der Waals surface area contributed by atoms with Crippen LogP contribution in [0.25, 0.3) is 0 Å². The maximum Gasteiger partial charge on any atom is 0.175 e. The molecule has 1 atom stereocenters. The Hall–Kier alpha value is -0.620. The summed E-state index contributed by atoms with van der Waals surface area (Å²) in [5.74, 6) is 0.379. The van der Waals surface area contributed by atoms with E-state index in [0.29, 0.717) is 23.0 Å². The van der Waals surface area contributed by atoms with Gasteiger partial charge in [0.1, 0.15) is 0 Å². The van der Waals surface area contributed by atoms with Gasteiger partial charge in [-0.1, -0.05) is 31.0 Å². The fourth-order valence-electron chi connectivity index (χ4n) is 2.09. The van der Waals surface area contributed by atoms with E-state index >= 15 is 0 Å². The minimum absolute atomic E-state index is 0.168. The Bertz CT molecular complexity index is 531. The summed E-state index contributed by atoms with van der Waals surface area (Å²) in [5, 5.41) is 12.6. The van der Waals surface area contributed by atoms with Crippen molar-refractivity contribution in [2.45, 2.75) is 31.2 Å². The maximum absolute atomic E-state index is 11.7. The van der Waals surface area contributed by atoms with Crippen LogP contribution >= 0.6 is 11.6 Å². The lowest BCUT2D eigenvalue weighted by atomic mass is 10.0. The second-order valence-electron chi connectivity index (χ2n) is 4.91. The molecule has 6 heteroatoms. The van der Waals surface area contributed by atoms with Crippen LogP contribution in [0.1, 0.15) is 25.3 Å². The highest BCUT2D eigenvalue weighted by Crippen LogP contribution is 2.24. The van der Waals surface area contributed by atoms with Crippen LogP contribution in [0.4, 0.5) is 0 Å². The van der Waals surface area contributed by atoms with Crippen molar-refractivity contribution < 1.29 is 13.5 Å². The van der Waals surface area contributed by atoms with Gasteiger partial charge in [-0.25, -0.2) is 8.42 Å². The lowest BCUT2D eigenvalue weighted by Crippen LogP contribution is -2.24. The summed E-state index contributed by atoms with van der Waals surface area (Å²) in [7, 11) is -3.29. The number of nitrogens with one attached hydrogen (secondary N) is 1. The molecule has 0 radical (unpaired) electrons. The molecule has 0 heterocycles. The van der Waals surface area contributed by atoms with Gasteiger partial charge in [0.15, 0.2) is 9.84 Å². The molecule has 1 unspecified atom stereocenters. The zero-order chi connectivity index (χ0) is 15.2. The number of hydrogen-bond acceptors (Lipinski definition) is 4. The summed E-state index contributed by atoms with van der Waals surface area (Å²) in [6.45, 7) is 3.37. The normalized spacial score (nSPS) is 13.4. The Morgan fingerprint density at radius 3 is 2.65 bits per heavy atom. The number of rotatable bonds is 8. The molecule has 0 fully saturated rings. The quantitative estimate of drug-likeness (QED) is 0.771. The third-order valence-electron chi connectivity index (χ3n) is 3.32. The molecular weight excluding hydrogens is 298 g/mol. The zero-order valence-corrected chi connectivity index (χ0v) is 13.5. The van der Waals surface area contributed by atoms with Crippen molar-refractivity contribution in [3.8, 4) is 0 Å². The summed E-state index contributed by atoms with van der Waals surface area (Å²) < 4.78 is 23.5. The molecule has 1 rings (SSSR count). The molecule has 1 aromatic carbocycles. The maximum atomic E-state index is 11.7.